The fourth-order valence-corrected chi connectivity index (χ4v) is 3.84. The monoisotopic (exact) mass is 380 g/mol. The van der Waals surface area contributed by atoms with Crippen LogP contribution in [0.4, 0.5) is 0 Å². The van der Waals surface area contributed by atoms with Crippen LogP contribution < -0.4 is 14.4 Å². The van der Waals surface area contributed by atoms with Crippen LogP contribution in [0.3, 0.4) is 0 Å². The van der Waals surface area contributed by atoms with E-state index in [1.165, 1.54) is 10.5 Å². The Hall–Kier alpha value is -2.99. The summed E-state index contributed by atoms with van der Waals surface area (Å²) in [7, 11) is 3.30. The van der Waals surface area contributed by atoms with Crippen molar-refractivity contribution in [1.29, 1.82) is 0 Å². The first kappa shape index (κ1) is 18.4. The lowest BCUT2D eigenvalue weighted by Crippen LogP contribution is -3.13. The number of hydrogen-bond donors (Lipinski definition) is 2. The van der Waals surface area contributed by atoms with E-state index in [9.17, 15) is 4.79 Å². The number of nitrogens with zero attached hydrogens (tertiary/aromatic N) is 1. The molecule has 6 heteroatoms. The lowest BCUT2D eigenvalue weighted by atomic mass is 10.1. The normalized spacial score (nSPS) is 15.0. The molecule has 1 saturated heterocycles. The van der Waals surface area contributed by atoms with Gasteiger partial charge in [-0.1, -0.05) is 18.2 Å². The predicted molar refractivity (Wildman–Crippen MR) is 108 cm³/mol. The van der Waals surface area contributed by atoms with Crippen LogP contribution in [0.25, 0.3) is 10.9 Å². The molecule has 0 saturated carbocycles. The summed E-state index contributed by atoms with van der Waals surface area (Å²) in [6.45, 7) is 4.29. The van der Waals surface area contributed by atoms with Gasteiger partial charge in [0.2, 0.25) is 0 Å². The van der Waals surface area contributed by atoms with Crippen LogP contribution in [0.1, 0.15) is 16.1 Å². The van der Waals surface area contributed by atoms with Gasteiger partial charge in [-0.15, -0.1) is 0 Å². The van der Waals surface area contributed by atoms with E-state index in [0.717, 1.165) is 55.1 Å². The molecule has 0 radical (unpaired) electrons. The van der Waals surface area contributed by atoms with E-state index < -0.39 is 0 Å². The van der Waals surface area contributed by atoms with Crippen molar-refractivity contribution in [3.8, 4) is 11.5 Å². The maximum absolute atomic E-state index is 12.8. The molecule has 3 aromatic rings. The number of hydrogen-bond acceptors (Lipinski definition) is 3. The first-order chi connectivity index (χ1) is 13.7. The molecular weight excluding hydrogens is 354 g/mol. The van der Waals surface area contributed by atoms with Crippen LogP contribution >= 0.6 is 0 Å². The summed E-state index contributed by atoms with van der Waals surface area (Å²) in [4.78, 5) is 19.5. The third-order valence-corrected chi connectivity index (χ3v) is 5.42. The molecule has 2 aromatic carbocycles. The minimum Gasteiger partial charge on any atom is -0.493 e. The highest BCUT2D eigenvalue weighted by Gasteiger charge is 2.25. The van der Waals surface area contributed by atoms with E-state index in [4.69, 9.17) is 9.47 Å². The van der Waals surface area contributed by atoms with E-state index in [1.807, 2.05) is 47.4 Å². The summed E-state index contributed by atoms with van der Waals surface area (Å²) < 4.78 is 10.7. The second-order valence-electron chi connectivity index (χ2n) is 7.18. The SMILES string of the molecule is COc1ccc(C[NH+]2CCN(C(=O)c3cc4ccccc4[nH]3)CC2)cc1OC. The van der Waals surface area contributed by atoms with Crippen molar-refractivity contribution < 1.29 is 19.2 Å². The molecule has 4 rings (SSSR count). The Bertz CT molecular complexity index is 941. The highest BCUT2D eigenvalue weighted by molar-refractivity contribution is 5.98. The topological polar surface area (TPSA) is 59.0 Å². The maximum atomic E-state index is 12.8. The minimum absolute atomic E-state index is 0.0846. The number of fused-ring (bicyclic) bond motifs is 1. The summed E-state index contributed by atoms with van der Waals surface area (Å²) in [5, 5.41) is 1.07. The number of nitrogens with one attached hydrogen (secondary N) is 2. The number of rotatable bonds is 5. The van der Waals surface area contributed by atoms with Crippen molar-refractivity contribution in [3.63, 3.8) is 0 Å². The summed E-state index contributed by atoms with van der Waals surface area (Å²) in [6, 6.07) is 16.0. The molecule has 2 heterocycles. The molecule has 1 fully saturated rings. The fraction of sp³-hybridized carbons (Fsp3) is 0.318. The summed E-state index contributed by atoms with van der Waals surface area (Å²) >= 11 is 0. The van der Waals surface area contributed by atoms with Gasteiger partial charge in [0.25, 0.3) is 5.91 Å². The number of piperazine rings is 1. The summed E-state index contributed by atoms with van der Waals surface area (Å²) in [6.07, 6.45) is 0. The highest BCUT2D eigenvalue weighted by Crippen LogP contribution is 2.27. The van der Waals surface area contributed by atoms with E-state index in [2.05, 4.69) is 11.1 Å². The molecule has 146 valence electrons. The summed E-state index contributed by atoms with van der Waals surface area (Å²) in [5.74, 6) is 1.59. The zero-order valence-electron chi connectivity index (χ0n) is 16.3. The average molecular weight is 380 g/mol. The van der Waals surface area contributed by atoms with E-state index in [1.54, 1.807) is 14.2 Å². The van der Waals surface area contributed by atoms with Crippen molar-refractivity contribution in [2.75, 3.05) is 40.4 Å². The first-order valence-electron chi connectivity index (χ1n) is 9.59. The molecule has 1 aliphatic heterocycles. The molecule has 6 nitrogen and oxygen atoms in total. The third-order valence-electron chi connectivity index (χ3n) is 5.42. The molecule has 0 atom stereocenters. The zero-order valence-corrected chi connectivity index (χ0v) is 16.3. The van der Waals surface area contributed by atoms with E-state index in [0.29, 0.717) is 5.69 Å². The zero-order chi connectivity index (χ0) is 19.5. The number of methoxy groups -OCH3 is 2. The minimum atomic E-state index is 0.0846. The Morgan fingerprint density at radius 1 is 1.04 bits per heavy atom. The van der Waals surface area contributed by atoms with Crippen LogP contribution in [0.15, 0.2) is 48.5 Å². The molecule has 0 aliphatic carbocycles. The molecule has 1 aromatic heterocycles. The number of H-pyrrole nitrogens is 1. The second-order valence-corrected chi connectivity index (χ2v) is 7.18. The Labute approximate surface area is 164 Å². The molecule has 28 heavy (non-hydrogen) atoms. The van der Waals surface area contributed by atoms with Gasteiger partial charge in [-0.25, -0.2) is 0 Å². The fourth-order valence-electron chi connectivity index (χ4n) is 3.84. The van der Waals surface area contributed by atoms with Crippen molar-refractivity contribution in [1.82, 2.24) is 9.88 Å². The molecule has 1 amide bonds. The average Bonchev–Trinajstić information content (AvgIpc) is 3.18. The number of carbonyl (C=O) groups excluding carboxylic acids is 1. The Balaban J connectivity index is 1.37. The Morgan fingerprint density at radius 2 is 1.79 bits per heavy atom. The highest BCUT2D eigenvalue weighted by atomic mass is 16.5. The smallest absolute Gasteiger partial charge is 0.270 e. The van der Waals surface area contributed by atoms with Gasteiger partial charge in [0.05, 0.1) is 40.4 Å². The van der Waals surface area contributed by atoms with Gasteiger partial charge in [-0.2, -0.15) is 0 Å². The number of para-hydroxylation sites is 1. The number of amides is 1. The maximum Gasteiger partial charge on any atom is 0.270 e. The van der Waals surface area contributed by atoms with E-state index in [-0.39, 0.29) is 5.91 Å². The molecular formula is C22H26N3O3+. The van der Waals surface area contributed by atoms with Crippen LogP contribution in [0.5, 0.6) is 11.5 Å². The van der Waals surface area contributed by atoms with Gasteiger partial charge in [0.1, 0.15) is 12.2 Å². The van der Waals surface area contributed by atoms with Crippen LogP contribution in [0.2, 0.25) is 0 Å². The van der Waals surface area contributed by atoms with Crippen LogP contribution in [-0.4, -0.2) is 56.2 Å². The van der Waals surface area contributed by atoms with Crippen LogP contribution in [0, 0.1) is 0 Å². The number of benzene rings is 2. The van der Waals surface area contributed by atoms with Crippen molar-refractivity contribution in [3.05, 3.63) is 59.8 Å². The predicted octanol–water partition coefficient (Wildman–Crippen LogP) is 1.73. The number of aromatic amines is 1. The van der Waals surface area contributed by atoms with Crippen molar-refractivity contribution in [2.24, 2.45) is 0 Å². The molecule has 0 spiro atoms. The number of carbonyl (C=O) groups is 1. The molecule has 2 N–H and O–H groups in total. The van der Waals surface area contributed by atoms with Crippen LogP contribution in [-0.2, 0) is 6.54 Å². The number of aromatic nitrogens is 1. The molecule has 1 aliphatic rings. The standard InChI is InChI=1S/C22H25N3O3/c1-27-20-8-7-16(13-21(20)28-2)15-24-9-11-25(12-10-24)22(26)19-14-17-5-3-4-6-18(17)23-19/h3-8,13-14,23H,9-12,15H2,1-2H3/p+1. The Morgan fingerprint density at radius 3 is 2.50 bits per heavy atom. The quantitative estimate of drug-likeness (QED) is 0.709. The van der Waals surface area contributed by atoms with Gasteiger partial charge < -0.3 is 24.3 Å². The number of quaternary nitrogens is 1. The van der Waals surface area contributed by atoms with Crippen molar-refractivity contribution in [2.45, 2.75) is 6.54 Å². The van der Waals surface area contributed by atoms with Crippen molar-refractivity contribution >= 4 is 16.8 Å². The molecule has 0 unspecified atom stereocenters. The van der Waals surface area contributed by atoms with E-state index >= 15 is 0 Å². The molecule has 0 bridgehead atoms. The van der Waals surface area contributed by atoms with Gasteiger partial charge in [0.15, 0.2) is 11.5 Å². The largest absolute Gasteiger partial charge is 0.493 e. The number of ether oxygens (including phenoxy) is 2. The van der Waals surface area contributed by atoms with Gasteiger partial charge >= 0.3 is 0 Å². The van der Waals surface area contributed by atoms with Gasteiger partial charge in [0, 0.05) is 16.5 Å². The second kappa shape index (κ2) is 7.94. The van der Waals surface area contributed by atoms with Gasteiger partial charge in [-0.3, -0.25) is 4.79 Å². The first-order valence-corrected chi connectivity index (χ1v) is 9.59. The van der Waals surface area contributed by atoms with Gasteiger partial charge in [-0.05, 0) is 30.3 Å². The lowest BCUT2D eigenvalue weighted by Gasteiger charge is -2.32. The Kier molecular flexibility index (Phi) is 5.21. The third kappa shape index (κ3) is 3.68. The summed E-state index contributed by atoms with van der Waals surface area (Å²) in [5.41, 5.74) is 2.89. The lowest BCUT2D eigenvalue weighted by molar-refractivity contribution is -0.917.